The summed E-state index contributed by atoms with van der Waals surface area (Å²) in [7, 11) is 0. The number of alkyl halides is 3. The Morgan fingerprint density at radius 1 is 1.38 bits per heavy atom. The van der Waals surface area contributed by atoms with Crippen molar-refractivity contribution in [3.8, 4) is 0 Å². The summed E-state index contributed by atoms with van der Waals surface area (Å²) in [5, 5.41) is 9.74. The minimum Gasteiger partial charge on any atom is -0.387 e. The zero-order valence-corrected chi connectivity index (χ0v) is 9.12. The largest absolute Gasteiger partial charge is 0.417 e. The lowest BCUT2D eigenvalue weighted by Gasteiger charge is -2.16. The minimum absolute atomic E-state index is 0.0239. The van der Waals surface area contributed by atoms with Crippen LogP contribution in [0.2, 0.25) is 0 Å². The van der Waals surface area contributed by atoms with Gasteiger partial charge in [-0.15, -0.1) is 0 Å². The van der Waals surface area contributed by atoms with Gasteiger partial charge in [0.05, 0.1) is 17.4 Å². The smallest absolute Gasteiger partial charge is 0.387 e. The summed E-state index contributed by atoms with van der Waals surface area (Å²) in [5.74, 6) is -0.0239. The Kier molecular flexibility index (Phi) is 3.91. The Balaban J connectivity index is 2.87. The molecule has 1 aromatic heterocycles. The molecule has 16 heavy (non-hydrogen) atoms. The molecule has 0 aliphatic rings. The van der Waals surface area contributed by atoms with Crippen LogP contribution in [0.15, 0.2) is 18.3 Å². The first-order valence-corrected chi connectivity index (χ1v) is 5.07. The van der Waals surface area contributed by atoms with E-state index in [1.165, 1.54) is 6.07 Å². The predicted octanol–water partition coefficient (Wildman–Crippen LogP) is 3.18. The van der Waals surface area contributed by atoms with Gasteiger partial charge in [-0.3, -0.25) is 4.98 Å². The lowest BCUT2D eigenvalue weighted by Crippen LogP contribution is -2.11. The Morgan fingerprint density at radius 2 is 2.00 bits per heavy atom. The lowest BCUT2D eigenvalue weighted by molar-refractivity contribution is -0.137. The molecule has 0 aliphatic carbocycles. The molecule has 1 rings (SSSR count). The lowest BCUT2D eigenvalue weighted by atomic mass is 9.99. The molecule has 0 radical (unpaired) electrons. The topological polar surface area (TPSA) is 33.1 Å². The molecular formula is C11H14F3NO. The van der Waals surface area contributed by atoms with Gasteiger partial charge in [-0.25, -0.2) is 0 Å². The van der Waals surface area contributed by atoms with Crippen molar-refractivity contribution in [3.05, 3.63) is 29.6 Å². The van der Waals surface area contributed by atoms with Crippen LogP contribution in [-0.2, 0) is 6.18 Å². The first-order chi connectivity index (χ1) is 7.36. The van der Waals surface area contributed by atoms with Crippen LogP contribution >= 0.6 is 0 Å². The van der Waals surface area contributed by atoms with Crippen LogP contribution in [0.1, 0.15) is 37.6 Å². The normalized spacial score (nSPS) is 15.9. The third kappa shape index (κ3) is 2.95. The fraction of sp³-hybridized carbons (Fsp3) is 0.545. The molecule has 2 nitrogen and oxygen atoms in total. The van der Waals surface area contributed by atoms with E-state index < -0.39 is 17.8 Å². The SMILES string of the molecule is CCC(C)C(O)c1ccc(C(F)(F)F)cn1. The first-order valence-electron chi connectivity index (χ1n) is 5.07. The summed E-state index contributed by atoms with van der Waals surface area (Å²) in [5.41, 5.74) is -0.519. The van der Waals surface area contributed by atoms with Gasteiger partial charge in [0.25, 0.3) is 0 Å². The molecule has 5 heteroatoms. The number of halogens is 3. The van der Waals surface area contributed by atoms with Gasteiger partial charge >= 0.3 is 6.18 Å². The highest BCUT2D eigenvalue weighted by Crippen LogP contribution is 2.30. The van der Waals surface area contributed by atoms with E-state index >= 15 is 0 Å². The molecule has 0 bridgehead atoms. The molecular weight excluding hydrogens is 219 g/mol. The predicted molar refractivity (Wildman–Crippen MR) is 53.7 cm³/mol. The van der Waals surface area contributed by atoms with Gasteiger partial charge in [-0.05, 0) is 18.1 Å². The molecule has 0 saturated carbocycles. The number of pyridine rings is 1. The summed E-state index contributed by atoms with van der Waals surface area (Å²) in [6.07, 6.45) is -3.70. The molecule has 1 N–H and O–H groups in total. The molecule has 0 aromatic carbocycles. The number of hydrogen-bond acceptors (Lipinski definition) is 2. The van der Waals surface area contributed by atoms with Crippen molar-refractivity contribution in [1.82, 2.24) is 4.98 Å². The Hall–Kier alpha value is -1.10. The van der Waals surface area contributed by atoms with E-state index in [2.05, 4.69) is 4.98 Å². The summed E-state index contributed by atoms with van der Waals surface area (Å²) in [6, 6.07) is 2.16. The summed E-state index contributed by atoms with van der Waals surface area (Å²) >= 11 is 0. The van der Waals surface area contributed by atoms with Crippen LogP contribution in [-0.4, -0.2) is 10.1 Å². The number of aromatic nitrogens is 1. The fourth-order valence-electron chi connectivity index (χ4n) is 1.26. The van der Waals surface area contributed by atoms with E-state index in [0.29, 0.717) is 0 Å². The van der Waals surface area contributed by atoms with E-state index in [9.17, 15) is 18.3 Å². The highest BCUT2D eigenvalue weighted by molar-refractivity contribution is 5.18. The van der Waals surface area contributed by atoms with Crippen molar-refractivity contribution in [1.29, 1.82) is 0 Å². The third-order valence-electron chi connectivity index (χ3n) is 2.60. The van der Waals surface area contributed by atoms with E-state index in [4.69, 9.17) is 0 Å². The molecule has 0 amide bonds. The maximum Gasteiger partial charge on any atom is 0.417 e. The van der Waals surface area contributed by atoms with E-state index in [-0.39, 0.29) is 11.6 Å². The number of aliphatic hydroxyl groups excluding tert-OH is 1. The molecule has 0 fully saturated rings. The highest BCUT2D eigenvalue weighted by atomic mass is 19.4. The molecule has 0 spiro atoms. The van der Waals surface area contributed by atoms with Crippen molar-refractivity contribution < 1.29 is 18.3 Å². The van der Waals surface area contributed by atoms with Gasteiger partial charge in [0.1, 0.15) is 0 Å². The zero-order chi connectivity index (χ0) is 12.3. The van der Waals surface area contributed by atoms with E-state index in [1.54, 1.807) is 0 Å². The van der Waals surface area contributed by atoms with Crippen LogP contribution < -0.4 is 0 Å². The minimum atomic E-state index is -4.38. The number of aliphatic hydroxyl groups is 1. The van der Waals surface area contributed by atoms with Gasteiger partial charge in [-0.2, -0.15) is 13.2 Å². The van der Waals surface area contributed by atoms with Gasteiger partial charge in [0.15, 0.2) is 0 Å². The summed E-state index contributed by atoms with van der Waals surface area (Å²) < 4.78 is 36.7. The summed E-state index contributed by atoms with van der Waals surface area (Å²) in [6.45, 7) is 3.72. The zero-order valence-electron chi connectivity index (χ0n) is 9.12. The highest BCUT2D eigenvalue weighted by Gasteiger charge is 2.31. The number of hydrogen-bond donors (Lipinski definition) is 1. The van der Waals surface area contributed by atoms with Crippen LogP contribution in [0.4, 0.5) is 13.2 Å². The standard InChI is InChI=1S/C11H14F3NO/c1-3-7(2)10(16)9-5-4-8(6-15-9)11(12,13)14/h4-7,10,16H,3H2,1-2H3. The van der Waals surface area contributed by atoms with Crippen molar-refractivity contribution in [2.24, 2.45) is 5.92 Å². The number of nitrogens with zero attached hydrogens (tertiary/aromatic N) is 1. The van der Waals surface area contributed by atoms with Gasteiger partial charge in [0, 0.05) is 6.20 Å². The average molecular weight is 233 g/mol. The second-order valence-electron chi connectivity index (χ2n) is 3.80. The van der Waals surface area contributed by atoms with E-state index in [0.717, 1.165) is 18.7 Å². The maximum atomic E-state index is 12.2. The Labute approximate surface area is 92.1 Å². The van der Waals surface area contributed by atoms with Gasteiger partial charge in [-0.1, -0.05) is 20.3 Å². The Bertz CT molecular complexity index is 334. The average Bonchev–Trinajstić information content (AvgIpc) is 2.26. The number of rotatable bonds is 3. The molecule has 2 unspecified atom stereocenters. The molecule has 0 aliphatic heterocycles. The molecule has 90 valence electrons. The maximum absolute atomic E-state index is 12.2. The van der Waals surface area contributed by atoms with Crippen LogP contribution in [0.5, 0.6) is 0 Å². The van der Waals surface area contributed by atoms with Crippen molar-refractivity contribution in [2.45, 2.75) is 32.5 Å². The molecule has 1 heterocycles. The molecule has 2 atom stereocenters. The monoisotopic (exact) mass is 233 g/mol. The van der Waals surface area contributed by atoms with Crippen molar-refractivity contribution >= 4 is 0 Å². The van der Waals surface area contributed by atoms with Gasteiger partial charge < -0.3 is 5.11 Å². The van der Waals surface area contributed by atoms with Crippen LogP contribution in [0, 0.1) is 5.92 Å². The van der Waals surface area contributed by atoms with Crippen LogP contribution in [0.3, 0.4) is 0 Å². The fourth-order valence-corrected chi connectivity index (χ4v) is 1.26. The molecule has 1 aromatic rings. The Morgan fingerprint density at radius 3 is 2.38 bits per heavy atom. The quantitative estimate of drug-likeness (QED) is 0.869. The van der Waals surface area contributed by atoms with Crippen molar-refractivity contribution in [2.75, 3.05) is 0 Å². The molecule has 0 saturated heterocycles. The summed E-state index contributed by atoms with van der Waals surface area (Å²) in [4.78, 5) is 3.64. The second kappa shape index (κ2) is 4.82. The first kappa shape index (κ1) is 13.0. The van der Waals surface area contributed by atoms with E-state index in [1.807, 2.05) is 13.8 Å². The van der Waals surface area contributed by atoms with Crippen molar-refractivity contribution in [3.63, 3.8) is 0 Å². The van der Waals surface area contributed by atoms with Gasteiger partial charge in [0.2, 0.25) is 0 Å². The third-order valence-corrected chi connectivity index (χ3v) is 2.60. The second-order valence-corrected chi connectivity index (χ2v) is 3.80. The van der Waals surface area contributed by atoms with Crippen LogP contribution in [0.25, 0.3) is 0 Å².